The molecule has 0 unspecified atom stereocenters. The normalized spacial score (nSPS) is 10.8. The van der Waals surface area contributed by atoms with Crippen molar-refractivity contribution in [1.29, 1.82) is 0 Å². The number of ether oxygens (including phenoxy) is 1. The fraction of sp³-hybridized carbons (Fsp3) is 0.267. The molecule has 100 valence electrons. The van der Waals surface area contributed by atoms with Crippen LogP contribution in [0.3, 0.4) is 0 Å². The Morgan fingerprint density at radius 1 is 1.21 bits per heavy atom. The zero-order chi connectivity index (χ0) is 13.8. The molecule has 0 saturated heterocycles. The monoisotopic (exact) mass is 276 g/mol. The SMILES string of the molecule is CC(C)Oc1cncc(-c2ccc(CN)c(Cl)c2)c1. The van der Waals surface area contributed by atoms with Gasteiger partial charge in [-0.05, 0) is 37.1 Å². The van der Waals surface area contributed by atoms with Crippen LogP contribution in [-0.2, 0) is 6.54 Å². The average molecular weight is 277 g/mol. The Kier molecular flexibility index (Phi) is 4.40. The first-order chi connectivity index (χ1) is 9.10. The summed E-state index contributed by atoms with van der Waals surface area (Å²) in [7, 11) is 0. The van der Waals surface area contributed by atoms with E-state index in [0.29, 0.717) is 11.6 Å². The van der Waals surface area contributed by atoms with Crippen LogP contribution in [0.1, 0.15) is 19.4 Å². The van der Waals surface area contributed by atoms with E-state index in [1.807, 2.05) is 38.1 Å². The van der Waals surface area contributed by atoms with Crippen LogP contribution < -0.4 is 10.5 Å². The molecule has 0 atom stereocenters. The van der Waals surface area contributed by atoms with Gasteiger partial charge in [-0.2, -0.15) is 0 Å². The summed E-state index contributed by atoms with van der Waals surface area (Å²) in [6, 6.07) is 7.79. The lowest BCUT2D eigenvalue weighted by molar-refractivity contribution is 0.241. The molecule has 0 aliphatic rings. The van der Waals surface area contributed by atoms with E-state index >= 15 is 0 Å². The lowest BCUT2D eigenvalue weighted by atomic mass is 10.1. The molecule has 0 radical (unpaired) electrons. The van der Waals surface area contributed by atoms with Gasteiger partial charge in [0.2, 0.25) is 0 Å². The fourth-order valence-corrected chi connectivity index (χ4v) is 2.06. The van der Waals surface area contributed by atoms with Crippen LogP contribution in [0.5, 0.6) is 5.75 Å². The van der Waals surface area contributed by atoms with Gasteiger partial charge < -0.3 is 10.5 Å². The zero-order valence-electron chi connectivity index (χ0n) is 11.1. The molecule has 0 amide bonds. The number of aromatic nitrogens is 1. The van der Waals surface area contributed by atoms with Crippen molar-refractivity contribution in [3.63, 3.8) is 0 Å². The third-order valence-electron chi connectivity index (χ3n) is 2.69. The Morgan fingerprint density at radius 2 is 2.00 bits per heavy atom. The number of rotatable bonds is 4. The van der Waals surface area contributed by atoms with Gasteiger partial charge in [-0.25, -0.2) is 0 Å². The molecular weight excluding hydrogens is 260 g/mol. The summed E-state index contributed by atoms with van der Waals surface area (Å²) in [5, 5.41) is 0.676. The highest BCUT2D eigenvalue weighted by molar-refractivity contribution is 6.31. The maximum absolute atomic E-state index is 6.17. The molecule has 1 aromatic carbocycles. The maximum atomic E-state index is 6.17. The molecule has 0 spiro atoms. The van der Waals surface area contributed by atoms with Crippen molar-refractivity contribution in [2.45, 2.75) is 26.5 Å². The second kappa shape index (κ2) is 6.04. The number of halogens is 1. The number of benzene rings is 1. The molecule has 2 rings (SSSR count). The van der Waals surface area contributed by atoms with E-state index in [9.17, 15) is 0 Å². The third-order valence-corrected chi connectivity index (χ3v) is 3.04. The van der Waals surface area contributed by atoms with Gasteiger partial charge in [0.15, 0.2) is 0 Å². The van der Waals surface area contributed by atoms with Gasteiger partial charge in [-0.3, -0.25) is 4.98 Å². The molecule has 19 heavy (non-hydrogen) atoms. The zero-order valence-corrected chi connectivity index (χ0v) is 11.8. The number of nitrogens with zero attached hydrogens (tertiary/aromatic N) is 1. The highest BCUT2D eigenvalue weighted by atomic mass is 35.5. The Hall–Kier alpha value is -1.58. The van der Waals surface area contributed by atoms with Crippen LogP contribution in [0.15, 0.2) is 36.7 Å². The molecule has 4 heteroatoms. The van der Waals surface area contributed by atoms with Crippen molar-refractivity contribution in [3.05, 3.63) is 47.2 Å². The molecule has 0 aliphatic carbocycles. The van der Waals surface area contributed by atoms with Crippen molar-refractivity contribution in [2.75, 3.05) is 0 Å². The average Bonchev–Trinajstić information content (AvgIpc) is 2.38. The Labute approximate surface area is 118 Å². The van der Waals surface area contributed by atoms with Crippen molar-refractivity contribution < 1.29 is 4.74 Å². The molecule has 0 saturated carbocycles. The fourth-order valence-electron chi connectivity index (χ4n) is 1.81. The molecule has 2 N–H and O–H groups in total. The summed E-state index contributed by atoms with van der Waals surface area (Å²) in [5.74, 6) is 0.756. The first kappa shape index (κ1) is 13.8. The van der Waals surface area contributed by atoms with E-state index in [0.717, 1.165) is 22.4 Å². The molecule has 0 bridgehead atoms. The Morgan fingerprint density at radius 3 is 2.63 bits per heavy atom. The molecule has 2 aromatic rings. The largest absolute Gasteiger partial charge is 0.489 e. The highest BCUT2D eigenvalue weighted by Gasteiger charge is 2.05. The molecule has 1 aromatic heterocycles. The van der Waals surface area contributed by atoms with Crippen molar-refractivity contribution in [3.8, 4) is 16.9 Å². The topological polar surface area (TPSA) is 48.1 Å². The quantitative estimate of drug-likeness (QED) is 0.927. The predicted octanol–water partition coefficient (Wildman–Crippen LogP) is 3.65. The van der Waals surface area contributed by atoms with Crippen LogP contribution >= 0.6 is 11.6 Å². The Bertz CT molecular complexity index is 570. The molecule has 1 heterocycles. The highest BCUT2D eigenvalue weighted by Crippen LogP contribution is 2.27. The van der Waals surface area contributed by atoms with E-state index < -0.39 is 0 Å². The van der Waals surface area contributed by atoms with Gasteiger partial charge >= 0.3 is 0 Å². The van der Waals surface area contributed by atoms with Crippen molar-refractivity contribution in [1.82, 2.24) is 4.98 Å². The predicted molar refractivity (Wildman–Crippen MR) is 78.3 cm³/mol. The van der Waals surface area contributed by atoms with Crippen LogP contribution in [0, 0.1) is 0 Å². The summed E-state index contributed by atoms with van der Waals surface area (Å²) in [6.45, 7) is 4.41. The first-order valence-corrected chi connectivity index (χ1v) is 6.58. The number of nitrogens with two attached hydrogens (primary N) is 1. The van der Waals surface area contributed by atoms with E-state index in [-0.39, 0.29) is 6.10 Å². The van der Waals surface area contributed by atoms with Gasteiger partial charge in [0, 0.05) is 23.3 Å². The van der Waals surface area contributed by atoms with Gasteiger partial charge in [-0.15, -0.1) is 0 Å². The number of hydrogen-bond acceptors (Lipinski definition) is 3. The third kappa shape index (κ3) is 3.46. The van der Waals surface area contributed by atoms with Crippen LogP contribution in [0.25, 0.3) is 11.1 Å². The molecular formula is C15H17ClN2O. The smallest absolute Gasteiger partial charge is 0.138 e. The molecule has 0 aliphatic heterocycles. The van der Waals surface area contributed by atoms with E-state index in [4.69, 9.17) is 22.1 Å². The second-order valence-corrected chi connectivity index (χ2v) is 4.99. The summed E-state index contributed by atoms with van der Waals surface area (Å²) >= 11 is 6.17. The van der Waals surface area contributed by atoms with E-state index in [2.05, 4.69) is 4.98 Å². The lowest BCUT2D eigenvalue weighted by Gasteiger charge is -2.11. The number of hydrogen-bond donors (Lipinski definition) is 1. The minimum absolute atomic E-state index is 0.125. The lowest BCUT2D eigenvalue weighted by Crippen LogP contribution is -2.05. The maximum Gasteiger partial charge on any atom is 0.138 e. The van der Waals surface area contributed by atoms with Crippen LogP contribution in [0.4, 0.5) is 0 Å². The van der Waals surface area contributed by atoms with E-state index in [1.165, 1.54) is 0 Å². The molecule has 3 nitrogen and oxygen atoms in total. The standard InChI is InChI=1S/C15H17ClN2O/c1-10(2)19-14-5-13(8-18-9-14)11-3-4-12(7-17)15(16)6-11/h3-6,8-10H,7,17H2,1-2H3. The van der Waals surface area contributed by atoms with Crippen LogP contribution in [-0.4, -0.2) is 11.1 Å². The van der Waals surface area contributed by atoms with Gasteiger partial charge in [0.1, 0.15) is 5.75 Å². The minimum atomic E-state index is 0.125. The molecule has 0 fully saturated rings. The van der Waals surface area contributed by atoms with Crippen molar-refractivity contribution in [2.24, 2.45) is 5.73 Å². The Balaban J connectivity index is 2.33. The van der Waals surface area contributed by atoms with Gasteiger partial charge in [-0.1, -0.05) is 23.7 Å². The summed E-state index contributed by atoms with van der Waals surface area (Å²) in [5.41, 5.74) is 8.52. The van der Waals surface area contributed by atoms with E-state index in [1.54, 1.807) is 12.4 Å². The summed E-state index contributed by atoms with van der Waals surface area (Å²) in [6.07, 6.45) is 3.63. The number of pyridine rings is 1. The second-order valence-electron chi connectivity index (χ2n) is 4.59. The van der Waals surface area contributed by atoms with Gasteiger partial charge in [0.25, 0.3) is 0 Å². The van der Waals surface area contributed by atoms with Gasteiger partial charge in [0.05, 0.1) is 12.3 Å². The van der Waals surface area contributed by atoms with Crippen LogP contribution in [0.2, 0.25) is 5.02 Å². The first-order valence-electron chi connectivity index (χ1n) is 6.20. The summed E-state index contributed by atoms with van der Waals surface area (Å²) in [4.78, 5) is 4.19. The summed E-state index contributed by atoms with van der Waals surface area (Å²) < 4.78 is 5.64. The minimum Gasteiger partial charge on any atom is -0.489 e. The van der Waals surface area contributed by atoms with Crippen molar-refractivity contribution >= 4 is 11.6 Å².